The van der Waals surface area contributed by atoms with E-state index < -0.39 is 6.04 Å². The van der Waals surface area contributed by atoms with Crippen molar-refractivity contribution in [3.8, 4) is 5.69 Å². The number of hydrogen-bond acceptors (Lipinski definition) is 3. The zero-order chi connectivity index (χ0) is 27.4. The Morgan fingerprint density at radius 2 is 1.51 bits per heavy atom. The third-order valence-corrected chi connectivity index (χ3v) is 7.29. The number of carbonyl (C=O) groups excluding carboxylic acids is 1. The Kier molecular flexibility index (Phi) is 7.69. The van der Waals surface area contributed by atoms with Crippen LogP contribution in [0.5, 0.6) is 0 Å². The maximum Gasteiger partial charge on any atom is 0.266 e. The summed E-state index contributed by atoms with van der Waals surface area (Å²) in [6.07, 6.45) is 1.60. The Morgan fingerprint density at radius 1 is 0.846 bits per heavy atom. The Morgan fingerprint density at radius 3 is 2.21 bits per heavy atom. The van der Waals surface area contributed by atoms with Gasteiger partial charge in [0.15, 0.2) is 0 Å². The van der Waals surface area contributed by atoms with E-state index in [-0.39, 0.29) is 11.5 Å². The highest BCUT2D eigenvalue weighted by Gasteiger charge is 2.27. The highest BCUT2D eigenvalue weighted by molar-refractivity contribution is 5.94. The molecule has 1 aromatic heterocycles. The van der Waals surface area contributed by atoms with Crippen molar-refractivity contribution >= 4 is 16.8 Å². The van der Waals surface area contributed by atoms with E-state index in [0.717, 1.165) is 23.2 Å². The molecule has 0 saturated heterocycles. The first-order valence-electron chi connectivity index (χ1n) is 13.5. The maximum atomic E-state index is 14.0. The lowest BCUT2D eigenvalue weighted by Crippen LogP contribution is -2.38. The summed E-state index contributed by atoms with van der Waals surface area (Å²) in [5.74, 6) is 0.449. The molecule has 0 aliphatic heterocycles. The largest absolute Gasteiger partial charge is 0.328 e. The smallest absolute Gasteiger partial charge is 0.266 e. The standard InChI is InChI=1S/C34H33N3O2/c1-4-26-16-20-29(21-17-26)37-32(35-31-13-9-8-12-30(31)34(37)39)25(3)36(23-22-27-10-6-5-7-11-27)33(38)28-18-14-24(2)15-19-28/h5-21,25H,4,22-23H2,1-3H3. The first kappa shape index (κ1) is 26.1. The number of amides is 1. The van der Waals surface area contributed by atoms with E-state index in [1.54, 1.807) is 10.6 Å². The zero-order valence-corrected chi connectivity index (χ0v) is 22.7. The minimum Gasteiger partial charge on any atom is -0.328 e. The van der Waals surface area contributed by atoms with Crippen LogP contribution in [0.1, 0.15) is 52.8 Å². The van der Waals surface area contributed by atoms with Crippen LogP contribution in [0, 0.1) is 6.92 Å². The minimum absolute atomic E-state index is 0.0891. The molecule has 0 bridgehead atoms. The number of nitrogens with zero attached hydrogens (tertiary/aromatic N) is 3. The normalized spacial score (nSPS) is 11.9. The number of fused-ring (bicyclic) bond motifs is 1. The Bertz CT molecular complexity index is 1640. The molecular formula is C34H33N3O2. The molecule has 5 aromatic rings. The van der Waals surface area contributed by atoms with Crippen LogP contribution in [-0.2, 0) is 12.8 Å². The fourth-order valence-electron chi connectivity index (χ4n) is 4.93. The summed E-state index contributed by atoms with van der Waals surface area (Å²) in [5, 5.41) is 0.550. The lowest BCUT2D eigenvalue weighted by Gasteiger charge is -2.31. The van der Waals surface area contributed by atoms with E-state index in [1.165, 1.54) is 5.56 Å². The number of benzene rings is 4. The number of rotatable bonds is 8. The summed E-state index contributed by atoms with van der Waals surface area (Å²) < 4.78 is 1.67. The van der Waals surface area contributed by atoms with Gasteiger partial charge in [-0.15, -0.1) is 0 Å². The molecule has 0 saturated carbocycles. The van der Waals surface area contributed by atoms with E-state index >= 15 is 0 Å². The van der Waals surface area contributed by atoms with Gasteiger partial charge in [0, 0.05) is 12.1 Å². The van der Waals surface area contributed by atoms with Gasteiger partial charge in [0.25, 0.3) is 11.5 Å². The van der Waals surface area contributed by atoms with Gasteiger partial charge < -0.3 is 4.90 Å². The van der Waals surface area contributed by atoms with Crippen molar-refractivity contribution in [1.82, 2.24) is 14.5 Å². The van der Waals surface area contributed by atoms with Crippen molar-refractivity contribution in [3.05, 3.63) is 142 Å². The molecule has 0 aliphatic carbocycles. The third-order valence-electron chi connectivity index (χ3n) is 7.29. The van der Waals surface area contributed by atoms with Gasteiger partial charge in [0.1, 0.15) is 5.82 Å². The van der Waals surface area contributed by atoms with Crippen molar-refractivity contribution < 1.29 is 4.79 Å². The van der Waals surface area contributed by atoms with Gasteiger partial charge in [-0.2, -0.15) is 0 Å². The SMILES string of the molecule is CCc1ccc(-n2c(C(C)N(CCc3ccccc3)C(=O)c3ccc(C)cc3)nc3ccccc3c2=O)cc1. The summed E-state index contributed by atoms with van der Waals surface area (Å²) in [6, 6.07) is 32.7. The number of aromatic nitrogens is 2. The van der Waals surface area contributed by atoms with E-state index in [4.69, 9.17) is 4.98 Å². The number of para-hydroxylation sites is 1. The van der Waals surface area contributed by atoms with Crippen molar-refractivity contribution in [2.24, 2.45) is 0 Å². The quantitative estimate of drug-likeness (QED) is 0.231. The van der Waals surface area contributed by atoms with E-state index in [1.807, 2.05) is 104 Å². The summed E-state index contributed by atoms with van der Waals surface area (Å²) in [4.78, 5) is 34.7. The van der Waals surface area contributed by atoms with Crippen LogP contribution in [0.25, 0.3) is 16.6 Å². The lowest BCUT2D eigenvalue weighted by molar-refractivity contribution is 0.0683. The van der Waals surface area contributed by atoms with Crippen molar-refractivity contribution in [3.63, 3.8) is 0 Å². The molecule has 1 amide bonds. The van der Waals surface area contributed by atoms with Crippen molar-refractivity contribution in [1.29, 1.82) is 0 Å². The van der Waals surface area contributed by atoms with Crippen molar-refractivity contribution in [2.45, 2.75) is 39.7 Å². The highest BCUT2D eigenvalue weighted by atomic mass is 16.2. The molecule has 0 N–H and O–H groups in total. The third kappa shape index (κ3) is 5.53. The molecule has 1 heterocycles. The van der Waals surface area contributed by atoms with Gasteiger partial charge in [0.2, 0.25) is 0 Å². The second-order valence-corrected chi connectivity index (χ2v) is 9.92. The molecule has 5 rings (SSSR count). The molecule has 0 spiro atoms. The summed E-state index contributed by atoms with van der Waals surface area (Å²) >= 11 is 0. The Labute approximate surface area is 229 Å². The fraction of sp³-hybridized carbons (Fsp3) is 0.206. The molecule has 0 aliphatic rings. The van der Waals surface area contributed by atoms with Crippen LogP contribution in [-0.4, -0.2) is 26.9 Å². The highest BCUT2D eigenvalue weighted by Crippen LogP contribution is 2.25. The topological polar surface area (TPSA) is 55.2 Å². The predicted octanol–water partition coefficient (Wildman–Crippen LogP) is 6.70. The number of carbonyl (C=O) groups is 1. The summed E-state index contributed by atoms with van der Waals surface area (Å²) in [7, 11) is 0. The number of hydrogen-bond donors (Lipinski definition) is 0. The molecule has 0 fully saturated rings. The second kappa shape index (κ2) is 11.5. The van der Waals surface area contributed by atoms with E-state index in [0.29, 0.717) is 35.3 Å². The Balaban J connectivity index is 1.64. The molecular weight excluding hydrogens is 482 g/mol. The first-order chi connectivity index (χ1) is 19.0. The van der Waals surface area contributed by atoms with Crippen LogP contribution >= 0.6 is 0 Å². The van der Waals surface area contributed by atoms with Crippen LogP contribution in [0.4, 0.5) is 0 Å². The van der Waals surface area contributed by atoms with Crippen LogP contribution in [0.2, 0.25) is 0 Å². The second-order valence-electron chi connectivity index (χ2n) is 9.92. The van der Waals surface area contributed by atoms with Gasteiger partial charge in [-0.05, 0) is 74.2 Å². The van der Waals surface area contributed by atoms with Crippen LogP contribution in [0.3, 0.4) is 0 Å². The average molecular weight is 516 g/mol. The molecule has 5 nitrogen and oxygen atoms in total. The summed E-state index contributed by atoms with van der Waals surface area (Å²) in [6.45, 7) is 6.55. The van der Waals surface area contributed by atoms with Gasteiger partial charge in [-0.1, -0.05) is 79.2 Å². The van der Waals surface area contributed by atoms with Crippen LogP contribution < -0.4 is 5.56 Å². The van der Waals surface area contributed by atoms with Gasteiger partial charge >= 0.3 is 0 Å². The molecule has 5 heteroatoms. The predicted molar refractivity (Wildman–Crippen MR) is 157 cm³/mol. The Hall–Kier alpha value is -4.51. The molecule has 1 unspecified atom stereocenters. The monoisotopic (exact) mass is 515 g/mol. The van der Waals surface area contributed by atoms with Gasteiger partial charge in [0.05, 0.1) is 22.6 Å². The van der Waals surface area contributed by atoms with Crippen molar-refractivity contribution in [2.75, 3.05) is 6.54 Å². The molecule has 0 radical (unpaired) electrons. The fourth-order valence-corrected chi connectivity index (χ4v) is 4.93. The maximum absolute atomic E-state index is 14.0. The molecule has 196 valence electrons. The summed E-state index contributed by atoms with van der Waals surface area (Å²) in [5.41, 5.74) is 5.26. The van der Waals surface area contributed by atoms with E-state index in [9.17, 15) is 9.59 Å². The minimum atomic E-state index is -0.467. The zero-order valence-electron chi connectivity index (χ0n) is 22.7. The molecule has 4 aromatic carbocycles. The van der Waals surface area contributed by atoms with Crippen LogP contribution in [0.15, 0.2) is 108 Å². The van der Waals surface area contributed by atoms with Gasteiger partial charge in [-0.3, -0.25) is 14.2 Å². The van der Waals surface area contributed by atoms with Gasteiger partial charge in [-0.25, -0.2) is 4.98 Å². The molecule has 39 heavy (non-hydrogen) atoms. The average Bonchev–Trinajstić information content (AvgIpc) is 2.98. The first-order valence-corrected chi connectivity index (χ1v) is 13.5. The number of aryl methyl sites for hydroxylation is 2. The molecule has 1 atom stereocenters. The van der Waals surface area contributed by atoms with E-state index in [2.05, 4.69) is 19.1 Å². The lowest BCUT2D eigenvalue weighted by atomic mass is 10.1.